The average molecular weight is 326 g/mol. The number of aromatic nitrogens is 1. The van der Waals surface area contributed by atoms with E-state index in [4.69, 9.17) is 0 Å². The highest BCUT2D eigenvalue weighted by atomic mass is 79.9. The van der Waals surface area contributed by atoms with Crippen LogP contribution in [0.5, 0.6) is 0 Å². The van der Waals surface area contributed by atoms with Crippen molar-refractivity contribution in [3.05, 3.63) is 39.1 Å². The summed E-state index contributed by atoms with van der Waals surface area (Å²) in [4.78, 5) is 18.8. The van der Waals surface area contributed by atoms with E-state index in [0.29, 0.717) is 10.6 Å². The molecule has 0 aromatic carbocycles. The van der Waals surface area contributed by atoms with Gasteiger partial charge >= 0.3 is 0 Å². The maximum absolute atomic E-state index is 12.1. The molecule has 2 aromatic heterocycles. The van der Waals surface area contributed by atoms with Gasteiger partial charge in [0.05, 0.1) is 5.69 Å². The molecular weight excluding hydrogens is 314 g/mol. The van der Waals surface area contributed by atoms with Crippen molar-refractivity contribution in [2.75, 3.05) is 24.3 Å². The van der Waals surface area contributed by atoms with Gasteiger partial charge in [-0.1, -0.05) is 0 Å². The molecule has 0 spiro atoms. The number of nitrogens with one attached hydrogen (secondary N) is 1. The van der Waals surface area contributed by atoms with Crippen molar-refractivity contribution in [1.29, 1.82) is 0 Å². The van der Waals surface area contributed by atoms with Crippen LogP contribution in [0.4, 0.5) is 11.5 Å². The lowest BCUT2D eigenvalue weighted by Gasteiger charge is -2.15. The Labute approximate surface area is 118 Å². The van der Waals surface area contributed by atoms with Crippen molar-refractivity contribution in [2.45, 2.75) is 0 Å². The zero-order valence-electron chi connectivity index (χ0n) is 9.98. The third-order valence-corrected chi connectivity index (χ3v) is 4.12. The van der Waals surface area contributed by atoms with Gasteiger partial charge in [-0.2, -0.15) is 0 Å². The Hall–Kier alpha value is -1.40. The first kappa shape index (κ1) is 13.0. The minimum Gasteiger partial charge on any atom is -0.361 e. The van der Waals surface area contributed by atoms with Crippen LogP contribution in [0, 0.1) is 0 Å². The molecule has 6 heteroatoms. The number of thiophene rings is 1. The number of anilines is 2. The van der Waals surface area contributed by atoms with Crippen molar-refractivity contribution in [3.8, 4) is 0 Å². The maximum Gasteiger partial charge on any atom is 0.266 e. The van der Waals surface area contributed by atoms with Gasteiger partial charge in [0.25, 0.3) is 5.91 Å². The quantitative estimate of drug-likeness (QED) is 0.942. The summed E-state index contributed by atoms with van der Waals surface area (Å²) in [6, 6.07) is 5.49. The number of carbonyl (C=O) groups excluding carboxylic acids is 1. The fourth-order valence-electron chi connectivity index (χ4n) is 1.49. The Bertz CT molecular complexity index is 568. The monoisotopic (exact) mass is 325 g/mol. The molecule has 0 saturated carbocycles. The van der Waals surface area contributed by atoms with E-state index in [9.17, 15) is 4.79 Å². The molecule has 0 aliphatic carbocycles. The van der Waals surface area contributed by atoms with Crippen molar-refractivity contribution in [2.24, 2.45) is 0 Å². The molecule has 0 bridgehead atoms. The second kappa shape index (κ2) is 5.49. The number of halogens is 1. The highest BCUT2D eigenvalue weighted by molar-refractivity contribution is 9.10. The van der Waals surface area contributed by atoms with Gasteiger partial charge in [-0.3, -0.25) is 4.79 Å². The normalized spacial score (nSPS) is 10.2. The van der Waals surface area contributed by atoms with E-state index in [1.54, 1.807) is 12.3 Å². The average Bonchev–Trinajstić information content (AvgIpc) is 2.76. The summed E-state index contributed by atoms with van der Waals surface area (Å²) in [5.74, 6) is 0.603. The molecule has 2 aromatic rings. The molecule has 0 aliphatic heterocycles. The van der Waals surface area contributed by atoms with Crippen LogP contribution in [0.25, 0.3) is 0 Å². The van der Waals surface area contributed by atoms with E-state index < -0.39 is 0 Å². The zero-order valence-corrected chi connectivity index (χ0v) is 12.4. The van der Waals surface area contributed by atoms with Crippen LogP contribution in [0.3, 0.4) is 0 Å². The molecule has 0 unspecified atom stereocenters. The number of hydrogen-bond acceptors (Lipinski definition) is 4. The Balaban J connectivity index is 2.25. The molecule has 0 radical (unpaired) electrons. The first-order chi connectivity index (χ1) is 8.59. The minimum atomic E-state index is -0.132. The van der Waals surface area contributed by atoms with E-state index in [2.05, 4.69) is 26.2 Å². The van der Waals surface area contributed by atoms with Crippen LogP contribution in [0.1, 0.15) is 9.67 Å². The number of pyridine rings is 1. The van der Waals surface area contributed by atoms with E-state index in [1.807, 2.05) is 36.5 Å². The lowest BCUT2D eigenvalue weighted by molar-refractivity contribution is 0.103. The Kier molecular flexibility index (Phi) is 3.98. The van der Waals surface area contributed by atoms with E-state index in [-0.39, 0.29) is 5.91 Å². The summed E-state index contributed by atoms with van der Waals surface area (Å²) >= 11 is 4.75. The van der Waals surface area contributed by atoms with Gasteiger partial charge in [0, 0.05) is 24.8 Å². The van der Waals surface area contributed by atoms with Gasteiger partial charge in [-0.05, 0) is 39.5 Å². The SMILES string of the molecule is CN(C)c1ncccc1NC(=O)c1sccc1Br. The highest BCUT2D eigenvalue weighted by Crippen LogP contribution is 2.26. The third-order valence-electron chi connectivity index (χ3n) is 2.28. The first-order valence-corrected chi connectivity index (χ1v) is 6.93. The lowest BCUT2D eigenvalue weighted by atomic mass is 10.3. The van der Waals surface area contributed by atoms with Crippen LogP contribution in [0.15, 0.2) is 34.2 Å². The Morgan fingerprint density at radius 2 is 2.22 bits per heavy atom. The van der Waals surface area contributed by atoms with Gasteiger partial charge < -0.3 is 10.2 Å². The first-order valence-electron chi connectivity index (χ1n) is 5.26. The van der Waals surface area contributed by atoms with Crippen molar-refractivity contribution in [3.63, 3.8) is 0 Å². The summed E-state index contributed by atoms with van der Waals surface area (Å²) < 4.78 is 0.806. The molecule has 0 atom stereocenters. The fraction of sp³-hybridized carbons (Fsp3) is 0.167. The van der Waals surface area contributed by atoms with Crippen molar-refractivity contribution >= 4 is 44.7 Å². The second-order valence-electron chi connectivity index (χ2n) is 3.82. The Morgan fingerprint density at radius 3 is 2.83 bits per heavy atom. The standard InChI is InChI=1S/C12H12BrN3OS/c1-16(2)11-9(4-3-6-14-11)15-12(17)10-8(13)5-7-18-10/h3-7H,1-2H3,(H,15,17). The molecule has 18 heavy (non-hydrogen) atoms. The second-order valence-corrected chi connectivity index (χ2v) is 5.59. The van der Waals surface area contributed by atoms with E-state index >= 15 is 0 Å². The molecule has 1 amide bonds. The molecule has 0 saturated heterocycles. The molecular formula is C12H12BrN3OS. The van der Waals surface area contributed by atoms with Crippen LogP contribution >= 0.6 is 27.3 Å². The van der Waals surface area contributed by atoms with E-state index in [1.165, 1.54) is 11.3 Å². The molecule has 0 fully saturated rings. The Morgan fingerprint density at radius 1 is 1.44 bits per heavy atom. The number of amides is 1. The number of hydrogen-bond donors (Lipinski definition) is 1. The van der Waals surface area contributed by atoms with Gasteiger partial charge in [0.2, 0.25) is 0 Å². The molecule has 0 aliphatic rings. The number of nitrogens with zero attached hydrogens (tertiary/aromatic N) is 2. The van der Waals surface area contributed by atoms with Crippen LogP contribution in [0.2, 0.25) is 0 Å². The van der Waals surface area contributed by atoms with Crippen molar-refractivity contribution in [1.82, 2.24) is 4.98 Å². The molecule has 2 rings (SSSR count). The predicted molar refractivity (Wildman–Crippen MR) is 78.5 cm³/mol. The third kappa shape index (κ3) is 2.70. The molecule has 2 heterocycles. The van der Waals surface area contributed by atoms with Crippen LogP contribution in [-0.4, -0.2) is 25.0 Å². The van der Waals surface area contributed by atoms with Crippen molar-refractivity contribution < 1.29 is 4.79 Å². The van der Waals surface area contributed by atoms with Crippen LogP contribution in [-0.2, 0) is 0 Å². The zero-order chi connectivity index (χ0) is 13.1. The predicted octanol–water partition coefficient (Wildman–Crippen LogP) is 3.22. The molecule has 94 valence electrons. The largest absolute Gasteiger partial charge is 0.361 e. The summed E-state index contributed by atoms with van der Waals surface area (Å²) in [6.07, 6.45) is 1.70. The summed E-state index contributed by atoms with van der Waals surface area (Å²) in [6.45, 7) is 0. The summed E-state index contributed by atoms with van der Waals surface area (Å²) in [5, 5.41) is 4.74. The fourth-order valence-corrected chi connectivity index (χ4v) is 2.93. The topological polar surface area (TPSA) is 45.2 Å². The van der Waals surface area contributed by atoms with E-state index in [0.717, 1.165) is 10.3 Å². The van der Waals surface area contributed by atoms with Gasteiger partial charge in [0.15, 0.2) is 5.82 Å². The molecule has 1 N–H and O–H groups in total. The highest BCUT2D eigenvalue weighted by Gasteiger charge is 2.14. The number of carbonyl (C=O) groups is 1. The van der Waals surface area contributed by atoms with Gasteiger partial charge in [-0.15, -0.1) is 11.3 Å². The van der Waals surface area contributed by atoms with Gasteiger partial charge in [-0.25, -0.2) is 4.98 Å². The molecule has 4 nitrogen and oxygen atoms in total. The number of rotatable bonds is 3. The smallest absolute Gasteiger partial charge is 0.266 e. The maximum atomic E-state index is 12.1. The lowest BCUT2D eigenvalue weighted by Crippen LogP contribution is -2.17. The summed E-state index contributed by atoms with van der Waals surface area (Å²) in [5.41, 5.74) is 0.702. The van der Waals surface area contributed by atoms with Crippen LogP contribution < -0.4 is 10.2 Å². The van der Waals surface area contributed by atoms with Gasteiger partial charge in [0.1, 0.15) is 4.88 Å². The minimum absolute atomic E-state index is 0.132. The summed E-state index contributed by atoms with van der Waals surface area (Å²) in [7, 11) is 3.78.